The minimum absolute atomic E-state index is 0.0225. The van der Waals surface area contributed by atoms with Crippen LogP contribution in [0.25, 0.3) is 0 Å². The molecule has 3 atom stereocenters. The molecule has 3 unspecified atom stereocenters. The summed E-state index contributed by atoms with van der Waals surface area (Å²) in [4.78, 5) is 0. The van der Waals surface area contributed by atoms with Gasteiger partial charge in [-0.15, -0.1) is 11.6 Å². The maximum atomic E-state index is 12.9. The number of alkyl halides is 1. The lowest BCUT2D eigenvalue weighted by Crippen LogP contribution is -2.54. The lowest BCUT2D eigenvalue weighted by Gasteiger charge is -2.39. The number of hydrogen-bond donors (Lipinski definition) is 0. The molecule has 0 saturated carbocycles. The summed E-state index contributed by atoms with van der Waals surface area (Å²) in [6.07, 6.45) is 5.76. The van der Waals surface area contributed by atoms with Crippen LogP contribution < -0.4 is 0 Å². The molecular weight excluding hydrogens is 284 g/mol. The molecule has 0 N–H and O–H groups in total. The smallest absolute Gasteiger partial charge is 0.195 e. The molecule has 0 bridgehead atoms. The van der Waals surface area contributed by atoms with Crippen LogP contribution in [0.1, 0.15) is 52.4 Å². The Hall–Kier alpha value is 0.160. The van der Waals surface area contributed by atoms with Gasteiger partial charge < -0.3 is 0 Å². The van der Waals surface area contributed by atoms with Crippen LogP contribution in [0.5, 0.6) is 0 Å². The summed E-state index contributed by atoms with van der Waals surface area (Å²) >= 11 is 5.97. The van der Waals surface area contributed by atoms with Crippen molar-refractivity contribution < 1.29 is 8.42 Å². The number of piperidine rings is 1. The fraction of sp³-hybridized carbons (Fsp3) is 1.00. The van der Waals surface area contributed by atoms with Gasteiger partial charge in [0.05, 0.1) is 0 Å². The molecule has 2 aliphatic heterocycles. The van der Waals surface area contributed by atoms with E-state index in [4.69, 9.17) is 11.6 Å². The summed E-state index contributed by atoms with van der Waals surface area (Å²) in [5, 5.41) is 0. The van der Waals surface area contributed by atoms with Gasteiger partial charge in [0, 0.05) is 30.6 Å². The number of rotatable bonds is 4. The van der Waals surface area contributed by atoms with Gasteiger partial charge in [-0.3, -0.25) is 0 Å². The Balaban J connectivity index is 2.24. The van der Waals surface area contributed by atoms with E-state index in [-0.39, 0.29) is 18.1 Å². The fourth-order valence-corrected chi connectivity index (χ4v) is 6.15. The molecule has 2 aliphatic rings. The van der Waals surface area contributed by atoms with Crippen LogP contribution in [-0.2, 0) is 10.2 Å². The average molecular weight is 309 g/mol. The summed E-state index contributed by atoms with van der Waals surface area (Å²) < 4.78 is 29.3. The summed E-state index contributed by atoms with van der Waals surface area (Å²) in [6, 6.07) is 0.261. The van der Waals surface area contributed by atoms with Crippen LogP contribution in [0.3, 0.4) is 0 Å². The highest BCUT2D eigenvalue weighted by Crippen LogP contribution is 2.33. The van der Waals surface area contributed by atoms with E-state index < -0.39 is 10.2 Å². The van der Waals surface area contributed by atoms with E-state index in [1.807, 2.05) is 6.92 Å². The average Bonchev–Trinajstić information content (AvgIpc) is 2.80. The first-order valence-corrected chi connectivity index (χ1v) is 9.31. The monoisotopic (exact) mass is 308 g/mol. The van der Waals surface area contributed by atoms with Gasteiger partial charge in [-0.2, -0.15) is 17.0 Å². The van der Waals surface area contributed by atoms with Crippen molar-refractivity contribution in [3.05, 3.63) is 0 Å². The summed E-state index contributed by atoms with van der Waals surface area (Å²) in [6.45, 7) is 4.71. The zero-order chi connectivity index (χ0) is 14.0. The highest BCUT2D eigenvalue weighted by Gasteiger charge is 2.43. The van der Waals surface area contributed by atoms with Crippen LogP contribution in [0.2, 0.25) is 0 Å². The van der Waals surface area contributed by atoms with Crippen molar-refractivity contribution in [3.8, 4) is 0 Å². The molecule has 112 valence electrons. The highest BCUT2D eigenvalue weighted by molar-refractivity contribution is 7.86. The van der Waals surface area contributed by atoms with Crippen LogP contribution in [0.15, 0.2) is 0 Å². The van der Waals surface area contributed by atoms with Gasteiger partial charge in [0.25, 0.3) is 10.2 Å². The standard InChI is InChI=1S/C13H25ClN2O2S/c1-3-12-8-7-11(2)16(12)19(17,18)15-9-5-4-6-13(15)10-14/h11-13H,3-10H2,1-2H3. The molecule has 6 heteroatoms. The first-order chi connectivity index (χ1) is 9.02. The Morgan fingerprint density at radius 2 is 1.89 bits per heavy atom. The molecule has 2 rings (SSSR count). The first-order valence-electron chi connectivity index (χ1n) is 7.38. The van der Waals surface area contributed by atoms with Crippen molar-refractivity contribution in [2.45, 2.75) is 70.5 Å². The predicted octanol–water partition coefficient (Wildman–Crippen LogP) is 2.59. The zero-order valence-corrected chi connectivity index (χ0v) is 13.5. The van der Waals surface area contributed by atoms with Crippen molar-refractivity contribution in [1.29, 1.82) is 0 Å². The van der Waals surface area contributed by atoms with Gasteiger partial charge in [-0.1, -0.05) is 13.3 Å². The highest BCUT2D eigenvalue weighted by atomic mass is 35.5. The number of hydrogen-bond acceptors (Lipinski definition) is 2. The van der Waals surface area contributed by atoms with Crippen LogP contribution >= 0.6 is 11.6 Å². The molecule has 0 spiro atoms. The van der Waals surface area contributed by atoms with Crippen molar-refractivity contribution >= 4 is 21.8 Å². The minimum atomic E-state index is -3.35. The number of halogens is 1. The maximum absolute atomic E-state index is 12.9. The van der Waals surface area contributed by atoms with E-state index in [0.29, 0.717) is 12.4 Å². The quantitative estimate of drug-likeness (QED) is 0.749. The van der Waals surface area contributed by atoms with E-state index in [2.05, 4.69) is 6.92 Å². The normalized spacial score (nSPS) is 34.8. The summed E-state index contributed by atoms with van der Waals surface area (Å²) in [7, 11) is -3.35. The second-order valence-electron chi connectivity index (χ2n) is 5.74. The third-order valence-corrected chi connectivity index (χ3v) is 7.12. The van der Waals surface area contributed by atoms with E-state index in [0.717, 1.165) is 38.5 Å². The lowest BCUT2D eigenvalue weighted by molar-refractivity contribution is 0.229. The van der Waals surface area contributed by atoms with Gasteiger partial charge in [-0.25, -0.2) is 0 Å². The Morgan fingerprint density at radius 3 is 2.53 bits per heavy atom. The number of nitrogens with zero attached hydrogens (tertiary/aromatic N) is 2. The lowest BCUT2D eigenvalue weighted by atomic mass is 10.1. The van der Waals surface area contributed by atoms with Gasteiger partial charge in [0.15, 0.2) is 0 Å². The predicted molar refractivity (Wildman–Crippen MR) is 78.6 cm³/mol. The van der Waals surface area contributed by atoms with Gasteiger partial charge in [0.1, 0.15) is 0 Å². The molecule has 19 heavy (non-hydrogen) atoms. The van der Waals surface area contributed by atoms with Crippen molar-refractivity contribution in [3.63, 3.8) is 0 Å². The van der Waals surface area contributed by atoms with Gasteiger partial charge >= 0.3 is 0 Å². The van der Waals surface area contributed by atoms with Crippen LogP contribution in [-0.4, -0.2) is 47.6 Å². The SMILES string of the molecule is CCC1CCC(C)N1S(=O)(=O)N1CCCCC1CCl. The van der Waals surface area contributed by atoms with E-state index in [9.17, 15) is 8.42 Å². The third kappa shape index (κ3) is 2.94. The van der Waals surface area contributed by atoms with Crippen LogP contribution in [0, 0.1) is 0 Å². The van der Waals surface area contributed by atoms with Crippen molar-refractivity contribution in [1.82, 2.24) is 8.61 Å². The van der Waals surface area contributed by atoms with Gasteiger partial charge in [0.2, 0.25) is 0 Å². The molecule has 0 amide bonds. The first kappa shape index (κ1) is 15.5. The maximum Gasteiger partial charge on any atom is 0.282 e. The molecule has 0 aromatic heterocycles. The largest absolute Gasteiger partial charge is 0.282 e. The Bertz CT molecular complexity index is 401. The summed E-state index contributed by atoms with van der Waals surface area (Å²) in [5.74, 6) is 0.401. The second-order valence-corrected chi connectivity index (χ2v) is 7.84. The molecule has 0 aromatic carbocycles. The molecule has 0 radical (unpaired) electrons. The fourth-order valence-electron chi connectivity index (χ4n) is 3.40. The zero-order valence-electron chi connectivity index (χ0n) is 11.9. The minimum Gasteiger partial charge on any atom is -0.195 e. The molecule has 0 aliphatic carbocycles. The second kappa shape index (κ2) is 6.29. The Labute approximate surface area is 122 Å². The molecule has 0 aromatic rings. The van der Waals surface area contributed by atoms with E-state index >= 15 is 0 Å². The third-order valence-electron chi connectivity index (χ3n) is 4.50. The van der Waals surface area contributed by atoms with Crippen molar-refractivity contribution in [2.75, 3.05) is 12.4 Å². The van der Waals surface area contributed by atoms with Gasteiger partial charge in [-0.05, 0) is 39.0 Å². The summed E-state index contributed by atoms with van der Waals surface area (Å²) in [5.41, 5.74) is 0. The van der Waals surface area contributed by atoms with E-state index in [1.165, 1.54) is 0 Å². The molecular formula is C13H25ClN2O2S. The van der Waals surface area contributed by atoms with E-state index in [1.54, 1.807) is 8.61 Å². The Morgan fingerprint density at radius 1 is 1.16 bits per heavy atom. The molecule has 2 heterocycles. The van der Waals surface area contributed by atoms with Crippen molar-refractivity contribution in [2.24, 2.45) is 0 Å². The Kier molecular flexibility index (Phi) is 5.15. The molecule has 2 saturated heterocycles. The molecule has 2 fully saturated rings. The topological polar surface area (TPSA) is 40.6 Å². The molecule has 4 nitrogen and oxygen atoms in total. The van der Waals surface area contributed by atoms with Crippen LogP contribution in [0.4, 0.5) is 0 Å².